The van der Waals surface area contributed by atoms with Gasteiger partial charge in [0.05, 0.1) is 0 Å². The SMILES string of the molecule is N[C@@H](CCC(=O)O)C(=O)OC(=O)CC[C@H](N)C(=O)OC(=O)[C@@H](N)CCC(=O)O. The lowest BCUT2D eigenvalue weighted by molar-refractivity contribution is -0.161. The highest BCUT2D eigenvalue weighted by atomic mass is 16.6. The number of hydrogen-bond acceptors (Lipinski definition) is 11. The quantitative estimate of drug-likeness (QED) is 0.168. The van der Waals surface area contributed by atoms with Crippen molar-refractivity contribution >= 4 is 35.8 Å². The molecule has 158 valence electrons. The Morgan fingerprint density at radius 2 is 0.929 bits per heavy atom. The number of esters is 4. The molecule has 0 aromatic rings. The number of ether oxygens (including phenoxy) is 2. The molecule has 13 nitrogen and oxygen atoms in total. The minimum atomic E-state index is -1.40. The maximum absolute atomic E-state index is 11.7. The Balaban J connectivity index is 4.28. The summed E-state index contributed by atoms with van der Waals surface area (Å²) in [7, 11) is 0. The van der Waals surface area contributed by atoms with Crippen molar-refractivity contribution in [3.8, 4) is 0 Å². The van der Waals surface area contributed by atoms with Gasteiger partial charge in [-0.15, -0.1) is 0 Å². The van der Waals surface area contributed by atoms with E-state index in [-0.39, 0.29) is 25.7 Å². The standard InChI is InChI=1S/C15H23N3O10/c16-7(1-4-10(19)20)13(24)27-12(23)6-3-9(18)15(26)28-14(25)8(17)2-5-11(21)22/h7-9H,1-6,16-18H2,(H,19,20)(H,21,22)/t7-,8-,9-/m0/s1. The molecule has 13 heteroatoms. The minimum absolute atomic E-state index is 0.225. The molecule has 0 aromatic heterocycles. The summed E-state index contributed by atoms with van der Waals surface area (Å²) in [5, 5.41) is 17.0. The van der Waals surface area contributed by atoms with Crippen LogP contribution in [0, 0.1) is 0 Å². The first-order valence-corrected chi connectivity index (χ1v) is 8.14. The van der Waals surface area contributed by atoms with Crippen LogP contribution in [0.4, 0.5) is 0 Å². The zero-order chi connectivity index (χ0) is 21.9. The fraction of sp³-hybridized carbons (Fsp3) is 0.600. The molecule has 0 bridgehead atoms. The van der Waals surface area contributed by atoms with E-state index in [0.29, 0.717) is 0 Å². The molecular weight excluding hydrogens is 382 g/mol. The molecule has 0 rings (SSSR count). The predicted octanol–water partition coefficient (Wildman–Crippen LogP) is -2.38. The summed E-state index contributed by atoms with van der Waals surface area (Å²) in [5.41, 5.74) is 16.2. The van der Waals surface area contributed by atoms with Crippen molar-refractivity contribution in [2.45, 2.75) is 56.7 Å². The van der Waals surface area contributed by atoms with Crippen LogP contribution in [0.3, 0.4) is 0 Å². The molecule has 0 fully saturated rings. The summed E-state index contributed by atoms with van der Waals surface area (Å²) >= 11 is 0. The number of carboxylic acid groups (broad SMARTS) is 2. The Hall–Kier alpha value is -2.90. The van der Waals surface area contributed by atoms with E-state index in [1.165, 1.54) is 0 Å². The van der Waals surface area contributed by atoms with E-state index < -0.39 is 66.8 Å². The van der Waals surface area contributed by atoms with Gasteiger partial charge in [-0.1, -0.05) is 0 Å². The number of carbonyl (C=O) groups excluding carboxylic acids is 4. The lowest BCUT2D eigenvalue weighted by Gasteiger charge is -2.13. The first-order valence-electron chi connectivity index (χ1n) is 8.14. The van der Waals surface area contributed by atoms with Crippen molar-refractivity contribution in [1.29, 1.82) is 0 Å². The van der Waals surface area contributed by atoms with Crippen molar-refractivity contribution in [3.63, 3.8) is 0 Å². The fourth-order valence-electron chi connectivity index (χ4n) is 1.67. The summed E-state index contributed by atoms with van der Waals surface area (Å²) in [6, 6.07) is -4.04. The molecule has 0 unspecified atom stereocenters. The van der Waals surface area contributed by atoms with Gasteiger partial charge in [-0.05, 0) is 19.3 Å². The Bertz CT molecular complexity index is 621. The maximum Gasteiger partial charge on any atom is 0.330 e. The summed E-state index contributed by atoms with van der Waals surface area (Å²) in [6.07, 6.45) is -2.06. The van der Waals surface area contributed by atoms with E-state index in [0.717, 1.165) is 0 Å². The lowest BCUT2D eigenvalue weighted by atomic mass is 10.1. The van der Waals surface area contributed by atoms with Crippen LogP contribution in [0.5, 0.6) is 0 Å². The van der Waals surface area contributed by atoms with Crippen molar-refractivity contribution < 1.29 is 48.5 Å². The molecule has 0 heterocycles. The van der Waals surface area contributed by atoms with Crippen LogP contribution in [-0.2, 0) is 38.2 Å². The van der Waals surface area contributed by atoms with Gasteiger partial charge in [0.25, 0.3) is 0 Å². The molecular formula is C15H23N3O10. The van der Waals surface area contributed by atoms with Gasteiger partial charge in [0.15, 0.2) is 0 Å². The van der Waals surface area contributed by atoms with Gasteiger partial charge in [-0.2, -0.15) is 0 Å². The number of carbonyl (C=O) groups is 6. The zero-order valence-electron chi connectivity index (χ0n) is 14.9. The monoisotopic (exact) mass is 405 g/mol. The second kappa shape index (κ2) is 12.5. The topological polar surface area (TPSA) is 239 Å². The van der Waals surface area contributed by atoms with Crippen LogP contribution < -0.4 is 17.2 Å². The van der Waals surface area contributed by atoms with Crippen LogP contribution in [0.25, 0.3) is 0 Å². The third-order valence-corrected chi connectivity index (χ3v) is 3.32. The molecule has 0 aliphatic carbocycles. The molecule has 0 saturated heterocycles. The number of rotatable bonds is 12. The van der Waals surface area contributed by atoms with Gasteiger partial charge in [0.2, 0.25) is 0 Å². The second-order valence-electron chi connectivity index (χ2n) is 5.76. The average molecular weight is 405 g/mol. The maximum atomic E-state index is 11.7. The molecule has 0 radical (unpaired) electrons. The number of aliphatic carboxylic acids is 2. The largest absolute Gasteiger partial charge is 0.481 e. The molecule has 0 amide bonds. The van der Waals surface area contributed by atoms with Gasteiger partial charge in [0, 0.05) is 19.3 Å². The number of carboxylic acids is 2. The first-order chi connectivity index (χ1) is 12.9. The number of hydrogen-bond donors (Lipinski definition) is 5. The highest BCUT2D eigenvalue weighted by Gasteiger charge is 2.25. The summed E-state index contributed by atoms with van der Waals surface area (Å²) in [6.45, 7) is 0. The third kappa shape index (κ3) is 10.9. The van der Waals surface area contributed by atoms with Gasteiger partial charge in [-0.3, -0.25) is 14.4 Å². The van der Waals surface area contributed by atoms with E-state index in [2.05, 4.69) is 9.47 Å². The van der Waals surface area contributed by atoms with Gasteiger partial charge in [0.1, 0.15) is 18.1 Å². The average Bonchev–Trinajstić information content (AvgIpc) is 2.61. The highest BCUT2D eigenvalue weighted by Crippen LogP contribution is 2.04. The Morgan fingerprint density at radius 3 is 1.29 bits per heavy atom. The fourth-order valence-corrected chi connectivity index (χ4v) is 1.67. The van der Waals surface area contributed by atoms with E-state index >= 15 is 0 Å². The molecule has 0 aromatic carbocycles. The van der Waals surface area contributed by atoms with E-state index in [1.807, 2.05) is 0 Å². The Labute approximate surface area is 159 Å². The summed E-state index contributed by atoms with van der Waals surface area (Å²) in [4.78, 5) is 67.0. The lowest BCUT2D eigenvalue weighted by Crippen LogP contribution is -2.40. The Kier molecular flexibility index (Phi) is 11.2. The van der Waals surface area contributed by atoms with E-state index in [1.54, 1.807) is 0 Å². The van der Waals surface area contributed by atoms with E-state index in [4.69, 9.17) is 27.4 Å². The molecule has 0 aliphatic rings. The predicted molar refractivity (Wildman–Crippen MR) is 89.1 cm³/mol. The third-order valence-electron chi connectivity index (χ3n) is 3.32. The van der Waals surface area contributed by atoms with E-state index in [9.17, 15) is 28.8 Å². The smallest absolute Gasteiger partial charge is 0.330 e. The van der Waals surface area contributed by atoms with Crippen molar-refractivity contribution in [2.75, 3.05) is 0 Å². The summed E-state index contributed by atoms with van der Waals surface area (Å²) < 4.78 is 8.80. The van der Waals surface area contributed by atoms with Crippen LogP contribution in [-0.4, -0.2) is 64.2 Å². The summed E-state index contributed by atoms with van der Waals surface area (Å²) in [5.74, 6) is -6.87. The van der Waals surface area contributed by atoms with Crippen LogP contribution in [0.1, 0.15) is 38.5 Å². The second-order valence-corrected chi connectivity index (χ2v) is 5.76. The molecule has 28 heavy (non-hydrogen) atoms. The van der Waals surface area contributed by atoms with Crippen LogP contribution in [0.2, 0.25) is 0 Å². The first kappa shape index (κ1) is 25.1. The number of nitrogens with two attached hydrogens (primary N) is 3. The molecule has 0 spiro atoms. The minimum Gasteiger partial charge on any atom is -0.481 e. The highest BCUT2D eigenvalue weighted by molar-refractivity contribution is 5.91. The molecule has 8 N–H and O–H groups in total. The normalized spacial score (nSPS) is 13.7. The van der Waals surface area contributed by atoms with Gasteiger partial charge >= 0.3 is 35.8 Å². The van der Waals surface area contributed by atoms with Crippen molar-refractivity contribution in [3.05, 3.63) is 0 Å². The molecule has 3 atom stereocenters. The zero-order valence-corrected chi connectivity index (χ0v) is 14.9. The molecule has 0 saturated carbocycles. The van der Waals surface area contributed by atoms with Crippen molar-refractivity contribution in [1.82, 2.24) is 0 Å². The van der Waals surface area contributed by atoms with Crippen molar-refractivity contribution in [2.24, 2.45) is 17.2 Å². The van der Waals surface area contributed by atoms with Crippen LogP contribution >= 0.6 is 0 Å². The van der Waals surface area contributed by atoms with Gasteiger partial charge in [-0.25, -0.2) is 14.4 Å². The molecule has 0 aliphatic heterocycles. The Morgan fingerprint density at radius 1 is 0.607 bits per heavy atom. The van der Waals surface area contributed by atoms with Crippen LogP contribution in [0.15, 0.2) is 0 Å². The van der Waals surface area contributed by atoms with Gasteiger partial charge < -0.3 is 36.9 Å².